The van der Waals surface area contributed by atoms with Gasteiger partial charge in [0.1, 0.15) is 0 Å². The number of piperidine rings is 1. The highest BCUT2D eigenvalue weighted by Crippen LogP contribution is 2.34. The van der Waals surface area contributed by atoms with Crippen molar-refractivity contribution < 1.29 is 22.8 Å². The molecule has 1 saturated heterocycles. The second kappa shape index (κ2) is 7.49. The maximum Gasteiger partial charge on any atom is 0.385 e. The first-order valence-corrected chi connectivity index (χ1v) is 9.87. The normalized spacial score (nSPS) is 18.2. The SMILES string of the molecule is C[C@@H]1CCCN(S(=O)(=O)c2ccc(Oc3cccc[n+]3[O-])c([N+](=O)[O-])c2)C1. The van der Waals surface area contributed by atoms with Crippen molar-refractivity contribution in [2.75, 3.05) is 13.1 Å². The lowest BCUT2D eigenvalue weighted by Gasteiger charge is -2.29. The molecule has 0 saturated carbocycles. The summed E-state index contributed by atoms with van der Waals surface area (Å²) >= 11 is 0. The highest BCUT2D eigenvalue weighted by atomic mass is 32.2. The van der Waals surface area contributed by atoms with Crippen molar-refractivity contribution >= 4 is 15.7 Å². The van der Waals surface area contributed by atoms with E-state index >= 15 is 0 Å². The van der Waals surface area contributed by atoms with E-state index in [1.165, 1.54) is 34.8 Å². The molecule has 27 heavy (non-hydrogen) atoms. The zero-order valence-corrected chi connectivity index (χ0v) is 15.5. The van der Waals surface area contributed by atoms with Crippen LogP contribution in [0.5, 0.6) is 11.6 Å². The van der Waals surface area contributed by atoms with Gasteiger partial charge in [0, 0.05) is 25.2 Å². The standard InChI is InChI=1S/C17H19N3O6S/c1-13-5-4-9-18(12-13)27(24,25)14-7-8-16(15(11-14)20(22)23)26-17-6-2-3-10-19(17)21/h2-3,6-8,10-11,13H,4-5,9,12H2,1H3/t13-/m1/s1. The smallest absolute Gasteiger partial charge is 0.385 e. The number of rotatable bonds is 5. The Hall–Kier alpha value is -2.72. The first-order chi connectivity index (χ1) is 12.8. The van der Waals surface area contributed by atoms with E-state index in [4.69, 9.17) is 4.74 Å². The third-order valence-corrected chi connectivity index (χ3v) is 6.25. The van der Waals surface area contributed by atoms with Gasteiger partial charge in [-0.05, 0) is 37.0 Å². The molecule has 3 rings (SSSR count). The number of pyridine rings is 1. The summed E-state index contributed by atoms with van der Waals surface area (Å²) in [7, 11) is -3.84. The van der Waals surface area contributed by atoms with Gasteiger partial charge in [0.2, 0.25) is 15.8 Å². The third kappa shape index (κ3) is 4.01. The minimum absolute atomic E-state index is 0.152. The van der Waals surface area contributed by atoms with Gasteiger partial charge in [-0.15, -0.1) is 4.73 Å². The van der Waals surface area contributed by atoms with Gasteiger partial charge in [-0.1, -0.05) is 6.92 Å². The lowest BCUT2D eigenvalue weighted by atomic mass is 10.0. The Morgan fingerprint density at radius 1 is 1.30 bits per heavy atom. The van der Waals surface area contributed by atoms with E-state index < -0.39 is 20.6 Å². The molecule has 0 amide bonds. The van der Waals surface area contributed by atoms with Gasteiger partial charge < -0.3 is 9.94 Å². The van der Waals surface area contributed by atoms with Gasteiger partial charge in [-0.2, -0.15) is 4.31 Å². The summed E-state index contributed by atoms with van der Waals surface area (Å²) in [6.45, 7) is 2.74. The van der Waals surface area contributed by atoms with Crippen LogP contribution in [-0.4, -0.2) is 30.7 Å². The fourth-order valence-electron chi connectivity index (χ4n) is 3.00. The average Bonchev–Trinajstić information content (AvgIpc) is 2.63. The van der Waals surface area contributed by atoms with Crippen LogP contribution < -0.4 is 9.47 Å². The molecule has 0 aliphatic carbocycles. The summed E-state index contributed by atoms with van der Waals surface area (Å²) in [6, 6.07) is 7.83. The van der Waals surface area contributed by atoms with E-state index in [0.717, 1.165) is 18.9 Å². The molecule has 0 unspecified atom stereocenters. The maximum atomic E-state index is 12.8. The predicted octanol–water partition coefficient (Wildman–Crippen LogP) is 2.44. The van der Waals surface area contributed by atoms with E-state index in [9.17, 15) is 23.7 Å². The van der Waals surface area contributed by atoms with E-state index in [1.807, 2.05) is 6.92 Å². The molecule has 2 heterocycles. The van der Waals surface area contributed by atoms with Crippen LogP contribution >= 0.6 is 0 Å². The molecule has 9 nitrogen and oxygen atoms in total. The number of benzene rings is 1. The van der Waals surface area contributed by atoms with Crippen LogP contribution in [0.1, 0.15) is 19.8 Å². The van der Waals surface area contributed by atoms with E-state index in [2.05, 4.69) is 0 Å². The quantitative estimate of drug-likeness (QED) is 0.333. The predicted molar refractivity (Wildman–Crippen MR) is 95.7 cm³/mol. The zero-order chi connectivity index (χ0) is 19.6. The average molecular weight is 393 g/mol. The summed E-state index contributed by atoms with van der Waals surface area (Å²) in [5, 5.41) is 23.1. The Bertz CT molecular complexity index is 963. The summed E-state index contributed by atoms with van der Waals surface area (Å²) < 4.78 is 32.8. The van der Waals surface area contributed by atoms with Crippen molar-refractivity contribution in [3.63, 3.8) is 0 Å². The third-order valence-electron chi connectivity index (χ3n) is 4.39. The van der Waals surface area contributed by atoms with E-state index in [-0.39, 0.29) is 22.4 Å². The number of hydrogen-bond donors (Lipinski definition) is 0. The van der Waals surface area contributed by atoms with Gasteiger partial charge in [-0.25, -0.2) is 8.42 Å². The van der Waals surface area contributed by atoms with Crippen LogP contribution in [0.25, 0.3) is 0 Å². The van der Waals surface area contributed by atoms with E-state index in [0.29, 0.717) is 17.8 Å². The van der Waals surface area contributed by atoms with Gasteiger partial charge in [0.15, 0.2) is 6.20 Å². The van der Waals surface area contributed by atoms with Crippen molar-refractivity contribution in [3.05, 3.63) is 57.9 Å². The van der Waals surface area contributed by atoms with Gasteiger partial charge in [-0.3, -0.25) is 10.1 Å². The van der Waals surface area contributed by atoms with Crippen molar-refractivity contribution in [1.29, 1.82) is 0 Å². The largest absolute Gasteiger partial charge is 0.616 e. The van der Waals surface area contributed by atoms with Crippen LogP contribution in [0.4, 0.5) is 5.69 Å². The first kappa shape index (κ1) is 19.1. The molecule has 1 aromatic carbocycles. The minimum atomic E-state index is -3.84. The number of nitrogens with zero attached hydrogens (tertiary/aromatic N) is 3. The van der Waals surface area contributed by atoms with Crippen LogP contribution in [0.2, 0.25) is 0 Å². The minimum Gasteiger partial charge on any atom is -0.616 e. The van der Waals surface area contributed by atoms with Crippen LogP contribution in [0.15, 0.2) is 47.5 Å². The molecule has 0 spiro atoms. The summed E-state index contributed by atoms with van der Waals surface area (Å²) in [5.41, 5.74) is -0.523. The van der Waals surface area contributed by atoms with Crippen molar-refractivity contribution in [1.82, 2.24) is 4.31 Å². The molecule has 0 radical (unpaired) electrons. The van der Waals surface area contributed by atoms with Crippen molar-refractivity contribution in [2.24, 2.45) is 5.92 Å². The fraction of sp³-hybridized carbons (Fsp3) is 0.353. The van der Waals surface area contributed by atoms with Crippen molar-refractivity contribution in [2.45, 2.75) is 24.7 Å². The molecular formula is C17H19N3O6S. The summed E-state index contributed by atoms with van der Waals surface area (Å²) in [4.78, 5) is 10.5. The molecule has 1 aromatic heterocycles. The molecule has 2 aromatic rings. The molecule has 1 fully saturated rings. The molecular weight excluding hydrogens is 374 g/mol. The van der Waals surface area contributed by atoms with E-state index in [1.54, 1.807) is 6.07 Å². The summed E-state index contributed by atoms with van der Waals surface area (Å²) in [5.74, 6) is -0.125. The van der Waals surface area contributed by atoms with Crippen LogP contribution in [0.3, 0.4) is 0 Å². The Kier molecular flexibility index (Phi) is 5.29. The molecule has 1 atom stereocenters. The lowest BCUT2D eigenvalue weighted by Crippen LogP contribution is -2.39. The lowest BCUT2D eigenvalue weighted by molar-refractivity contribution is -0.611. The molecule has 0 bridgehead atoms. The molecule has 144 valence electrons. The highest BCUT2D eigenvalue weighted by molar-refractivity contribution is 7.89. The molecule has 0 N–H and O–H groups in total. The number of hydrogen-bond acceptors (Lipinski definition) is 6. The summed E-state index contributed by atoms with van der Waals surface area (Å²) in [6.07, 6.45) is 2.89. The molecule has 10 heteroatoms. The molecule has 1 aliphatic heterocycles. The Labute approximate surface area is 156 Å². The number of nitro groups is 1. The maximum absolute atomic E-state index is 12.8. The number of sulfonamides is 1. The Morgan fingerprint density at radius 3 is 2.74 bits per heavy atom. The topological polar surface area (TPSA) is 117 Å². The fourth-order valence-corrected chi connectivity index (χ4v) is 4.62. The van der Waals surface area contributed by atoms with Crippen LogP contribution in [0, 0.1) is 21.2 Å². The monoisotopic (exact) mass is 393 g/mol. The second-order valence-corrected chi connectivity index (χ2v) is 8.40. The van der Waals surface area contributed by atoms with Crippen LogP contribution in [-0.2, 0) is 10.0 Å². The number of ether oxygens (including phenoxy) is 1. The Morgan fingerprint density at radius 2 is 2.07 bits per heavy atom. The van der Waals surface area contributed by atoms with Crippen molar-refractivity contribution in [3.8, 4) is 11.6 Å². The van der Waals surface area contributed by atoms with Gasteiger partial charge >= 0.3 is 11.6 Å². The second-order valence-electron chi connectivity index (χ2n) is 6.46. The van der Waals surface area contributed by atoms with Gasteiger partial charge in [0.05, 0.1) is 15.9 Å². The Balaban J connectivity index is 1.96. The number of aromatic nitrogens is 1. The number of nitro benzene ring substituents is 1. The highest BCUT2D eigenvalue weighted by Gasteiger charge is 2.31. The zero-order valence-electron chi connectivity index (χ0n) is 14.6. The molecule has 1 aliphatic rings. The van der Waals surface area contributed by atoms with Gasteiger partial charge in [0.25, 0.3) is 0 Å². The first-order valence-electron chi connectivity index (χ1n) is 8.43.